The van der Waals surface area contributed by atoms with Gasteiger partial charge in [-0.3, -0.25) is 9.69 Å². The van der Waals surface area contributed by atoms with Crippen molar-refractivity contribution in [2.45, 2.75) is 51.5 Å². The van der Waals surface area contributed by atoms with E-state index >= 15 is 0 Å². The molecule has 0 aromatic carbocycles. The van der Waals surface area contributed by atoms with Crippen LogP contribution in [0.1, 0.15) is 46.0 Å². The number of Topliss-reactive ketones (excluding diaryl/α,β-unsaturated/α-hetero) is 1. The highest BCUT2D eigenvalue weighted by Gasteiger charge is 2.43. The summed E-state index contributed by atoms with van der Waals surface area (Å²) in [5, 5.41) is 0. The molecule has 1 saturated carbocycles. The average Bonchev–Trinajstić information content (AvgIpc) is 2.65. The third kappa shape index (κ3) is 1.85. The molecule has 2 heteroatoms. The standard InChI is InChI=1S/C12H23NO/c1-5-10(2)11(14)12(13(3)4)8-6-7-9-12/h10H,5-9H2,1-4H3. The first-order valence-electron chi connectivity index (χ1n) is 5.76. The highest BCUT2D eigenvalue weighted by atomic mass is 16.1. The maximum absolute atomic E-state index is 12.3. The Morgan fingerprint density at radius 1 is 1.36 bits per heavy atom. The molecule has 0 saturated heterocycles. The molecule has 0 spiro atoms. The Morgan fingerprint density at radius 2 is 1.86 bits per heavy atom. The van der Waals surface area contributed by atoms with Crippen molar-refractivity contribution in [3.8, 4) is 0 Å². The second-order valence-corrected chi connectivity index (χ2v) is 4.81. The highest BCUT2D eigenvalue weighted by molar-refractivity contribution is 5.90. The lowest BCUT2D eigenvalue weighted by molar-refractivity contribution is -0.133. The van der Waals surface area contributed by atoms with Gasteiger partial charge in [-0.15, -0.1) is 0 Å². The van der Waals surface area contributed by atoms with Crippen LogP contribution in [0.2, 0.25) is 0 Å². The van der Waals surface area contributed by atoms with Gasteiger partial charge in [-0.1, -0.05) is 26.7 Å². The molecule has 0 aromatic rings. The maximum atomic E-state index is 12.3. The van der Waals surface area contributed by atoms with Crippen LogP contribution < -0.4 is 0 Å². The third-order valence-electron chi connectivity index (χ3n) is 3.81. The molecular formula is C12H23NO. The number of rotatable bonds is 4. The van der Waals surface area contributed by atoms with E-state index in [0.717, 1.165) is 19.3 Å². The smallest absolute Gasteiger partial charge is 0.155 e. The SMILES string of the molecule is CCC(C)C(=O)C1(N(C)C)CCCC1. The van der Waals surface area contributed by atoms with Gasteiger partial charge in [0.15, 0.2) is 5.78 Å². The molecule has 14 heavy (non-hydrogen) atoms. The summed E-state index contributed by atoms with van der Waals surface area (Å²) in [4.78, 5) is 14.4. The molecule has 1 atom stereocenters. The molecule has 0 heterocycles. The number of hydrogen-bond donors (Lipinski definition) is 0. The maximum Gasteiger partial charge on any atom is 0.155 e. The second kappa shape index (κ2) is 4.43. The van der Waals surface area contributed by atoms with E-state index in [0.29, 0.717) is 5.78 Å². The molecule has 1 aliphatic rings. The van der Waals surface area contributed by atoms with Crippen LogP contribution in [-0.2, 0) is 4.79 Å². The molecule has 0 aromatic heterocycles. The van der Waals surface area contributed by atoms with Gasteiger partial charge < -0.3 is 0 Å². The number of likely N-dealkylation sites (N-methyl/N-ethyl adjacent to an activating group) is 1. The summed E-state index contributed by atoms with van der Waals surface area (Å²) in [5.41, 5.74) is -0.130. The van der Waals surface area contributed by atoms with E-state index in [1.54, 1.807) is 0 Å². The molecule has 82 valence electrons. The van der Waals surface area contributed by atoms with E-state index in [1.807, 2.05) is 14.1 Å². The van der Waals surface area contributed by atoms with Crippen molar-refractivity contribution in [1.82, 2.24) is 4.90 Å². The van der Waals surface area contributed by atoms with Crippen LogP contribution in [0.3, 0.4) is 0 Å². The predicted octanol–water partition coefficient (Wildman–Crippen LogP) is 2.48. The number of ketones is 1. The van der Waals surface area contributed by atoms with Gasteiger partial charge >= 0.3 is 0 Å². The lowest BCUT2D eigenvalue weighted by Crippen LogP contribution is -2.51. The van der Waals surface area contributed by atoms with Gasteiger partial charge in [-0.25, -0.2) is 0 Å². The number of carbonyl (C=O) groups excluding carboxylic acids is 1. The van der Waals surface area contributed by atoms with Crippen LogP contribution in [-0.4, -0.2) is 30.3 Å². The molecule has 0 N–H and O–H groups in total. The lowest BCUT2D eigenvalue weighted by Gasteiger charge is -2.36. The molecule has 2 nitrogen and oxygen atoms in total. The van der Waals surface area contributed by atoms with Crippen molar-refractivity contribution in [2.75, 3.05) is 14.1 Å². The molecule has 0 amide bonds. The van der Waals surface area contributed by atoms with E-state index in [4.69, 9.17) is 0 Å². The summed E-state index contributed by atoms with van der Waals surface area (Å²) < 4.78 is 0. The summed E-state index contributed by atoms with van der Waals surface area (Å²) >= 11 is 0. The number of carbonyl (C=O) groups is 1. The van der Waals surface area contributed by atoms with Crippen molar-refractivity contribution in [2.24, 2.45) is 5.92 Å². The molecule has 1 rings (SSSR count). The minimum absolute atomic E-state index is 0.130. The van der Waals surface area contributed by atoms with E-state index in [-0.39, 0.29) is 11.5 Å². The van der Waals surface area contributed by atoms with E-state index < -0.39 is 0 Å². The minimum atomic E-state index is -0.130. The Labute approximate surface area is 87.7 Å². The molecule has 1 aliphatic carbocycles. The summed E-state index contributed by atoms with van der Waals surface area (Å²) in [6, 6.07) is 0. The fraction of sp³-hybridized carbons (Fsp3) is 0.917. The van der Waals surface area contributed by atoms with E-state index in [9.17, 15) is 4.79 Å². The Balaban J connectivity index is 2.82. The summed E-state index contributed by atoms with van der Waals surface area (Å²) in [5.74, 6) is 0.679. The molecule has 1 fully saturated rings. The van der Waals surface area contributed by atoms with Gasteiger partial charge in [0.05, 0.1) is 5.54 Å². The molecule has 0 radical (unpaired) electrons. The predicted molar refractivity (Wildman–Crippen MR) is 59.3 cm³/mol. The Kier molecular flexibility index (Phi) is 3.71. The zero-order valence-electron chi connectivity index (χ0n) is 9.97. The first kappa shape index (κ1) is 11.7. The van der Waals surface area contributed by atoms with Crippen LogP contribution in [0, 0.1) is 5.92 Å². The first-order valence-corrected chi connectivity index (χ1v) is 5.76. The van der Waals surface area contributed by atoms with Crippen molar-refractivity contribution in [3.05, 3.63) is 0 Å². The number of hydrogen-bond acceptors (Lipinski definition) is 2. The third-order valence-corrected chi connectivity index (χ3v) is 3.81. The Morgan fingerprint density at radius 3 is 2.21 bits per heavy atom. The zero-order chi connectivity index (χ0) is 10.8. The minimum Gasteiger partial charge on any atom is -0.297 e. The summed E-state index contributed by atoms with van der Waals surface area (Å²) in [7, 11) is 4.09. The average molecular weight is 197 g/mol. The first-order chi connectivity index (χ1) is 6.54. The number of nitrogens with zero attached hydrogens (tertiary/aromatic N) is 1. The lowest BCUT2D eigenvalue weighted by atomic mass is 9.83. The zero-order valence-corrected chi connectivity index (χ0v) is 9.97. The van der Waals surface area contributed by atoms with Crippen LogP contribution in [0.5, 0.6) is 0 Å². The monoisotopic (exact) mass is 197 g/mol. The second-order valence-electron chi connectivity index (χ2n) is 4.81. The normalized spacial score (nSPS) is 22.6. The summed E-state index contributed by atoms with van der Waals surface area (Å²) in [6.45, 7) is 4.16. The molecule has 0 bridgehead atoms. The summed E-state index contributed by atoms with van der Waals surface area (Å²) in [6.07, 6.45) is 5.50. The van der Waals surface area contributed by atoms with Crippen molar-refractivity contribution in [3.63, 3.8) is 0 Å². The fourth-order valence-corrected chi connectivity index (χ4v) is 2.52. The fourth-order valence-electron chi connectivity index (χ4n) is 2.52. The van der Waals surface area contributed by atoms with Crippen molar-refractivity contribution < 1.29 is 4.79 Å². The van der Waals surface area contributed by atoms with Crippen molar-refractivity contribution >= 4 is 5.78 Å². The highest BCUT2D eigenvalue weighted by Crippen LogP contribution is 2.36. The Hall–Kier alpha value is -0.370. The molecule has 1 unspecified atom stereocenters. The molecule has 0 aliphatic heterocycles. The van der Waals surface area contributed by atoms with Gasteiger partial charge in [0.1, 0.15) is 0 Å². The largest absolute Gasteiger partial charge is 0.297 e. The van der Waals surface area contributed by atoms with Crippen LogP contribution in [0.15, 0.2) is 0 Å². The quantitative estimate of drug-likeness (QED) is 0.690. The van der Waals surface area contributed by atoms with Gasteiger partial charge in [0.25, 0.3) is 0 Å². The topological polar surface area (TPSA) is 20.3 Å². The van der Waals surface area contributed by atoms with Crippen LogP contribution in [0.25, 0.3) is 0 Å². The van der Waals surface area contributed by atoms with Gasteiger partial charge in [0, 0.05) is 5.92 Å². The van der Waals surface area contributed by atoms with Crippen LogP contribution >= 0.6 is 0 Å². The van der Waals surface area contributed by atoms with Gasteiger partial charge in [0.2, 0.25) is 0 Å². The van der Waals surface area contributed by atoms with E-state index in [2.05, 4.69) is 18.7 Å². The van der Waals surface area contributed by atoms with Crippen molar-refractivity contribution in [1.29, 1.82) is 0 Å². The van der Waals surface area contributed by atoms with Gasteiger partial charge in [-0.2, -0.15) is 0 Å². The van der Waals surface area contributed by atoms with Crippen LogP contribution in [0.4, 0.5) is 0 Å². The molecular weight excluding hydrogens is 174 g/mol. The van der Waals surface area contributed by atoms with E-state index in [1.165, 1.54) is 12.8 Å². The van der Waals surface area contributed by atoms with Gasteiger partial charge in [-0.05, 0) is 33.4 Å². The Bertz CT molecular complexity index is 204.